The highest BCUT2D eigenvalue weighted by atomic mass is 127. The van der Waals surface area contributed by atoms with Gasteiger partial charge in [0, 0.05) is 45.6 Å². The van der Waals surface area contributed by atoms with Crippen LogP contribution in [-0.4, -0.2) is 50.3 Å². The molecule has 134 valence electrons. The lowest BCUT2D eigenvalue weighted by molar-refractivity contribution is 0.461. The Balaban J connectivity index is 0.00000288. The third-order valence-electron chi connectivity index (χ3n) is 3.70. The zero-order valence-electron chi connectivity index (χ0n) is 14.7. The molecule has 0 aromatic carbocycles. The minimum Gasteiger partial charge on any atom is -0.357 e. The first-order valence-electron chi connectivity index (χ1n) is 8.12. The predicted molar refractivity (Wildman–Crippen MR) is 108 cm³/mol. The number of aromatic nitrogens is 4. The highest BCUT2D eigenvalue weighted by Crippen LogP contribution is 2.04. The Hall–Kier alpha value is -1.58. The molecule has 0 bridgehead atoms. The molecule has 0 atom stereocenters. The summed E-state index contributed by atoms with van der Waals surface area (Å²) >= 11 is 0. The molecule has 0 saturated heterocycles. The molecule has 0 aliphatic heterocycles. The van der Waals surface area contributed by atoms with E-state index in [2.05, 4.69) is 64.3 Å². The van der Waals surface area contributed by atoms with Crippen molar-refractivity contribution in [2.24, 2.45) is 12.0 Å². The van der Waals surface area contributed by atoms with E-state index in [4.69, 9.17) is 4.99 Å². The monoisotopic (exact) mass is 445 g/mol. The van der Waals surface area contributed by atoms with E-state index >= 15 is 0 Å². The second-order valence-electron chi connectivity index (χ2n) is 5.61. The number of aliphatic imine (C=N–C) groups is 1. The number of rotatable bonds is 8. The van der Waals surface area contributed by atoms with Crippen LogP contribution in [0, 0.1) is 0 Å². The molecule has 0 amide bonds. The Morgan fingerprint density at radius 3 is 2.67 bits per heavy atom. The quantitative estimate of drug-likeness (QED) is 0.293. The molecule has 0 spiro atoms. The maximum absolute atomic E-state index is 4.72. The van der Waals surface area contributed by atoms with Gasteiger partial charge in [-0.2, -0.15) is 0 Å². The summed E-state index contributed by atoms with van der Waals surface area (Å²) in [7, 11) is 4.14. The maximum atomic E-state index is 4.72. The highest BCUT2D eigenvalue weighted by Gasteiger charge is 2.07. The number of hydrogen-bond donors (Lipinski definition) is 1. The van der Waals surface area contributed by atoms with Crippen LogP contribution in [0.4, 0.5) is 0 Å². The summed E-state index contributed by atoms with van der Waals surface area (Å²) in [5.74, 6) is 0.956. The van der Waals surface area contributed by atoms with E-state index in [-0.39, 0.29) is 24.0 Å². The second-order valence-corrected chi connectivity index (χ2v) is 5.61. The van der Waals surface area contributed by atoms with Crippen LogP contribution in [0.2, 0.25) is 0 Å². The minimum atomic E-state index is 0. The first-order chi connectivity index (χ1) is 11.2. The third kappa shape index (κ3) is 6.50. The van der Waals surface area contributed by atoms with Crippen LogP contribution in [0.1, 0.15) is 25.5 Å². The largest absolute Gasteiger partial charge is 0.357 e. The van der Waals surface area contributed by atoms with Crippen LogP contribution in [0.25, 0.3) is 0 Å². The Labute approximate surface area is 161 Å². The van der Waals surface area contributed by atoms with E-state index in [1.165, 1.54) is 5.69 Å². The highest BCUT2D eigenvalue weighted by molar-refractivity contribution is 14.0. The summed E-state index contributed by atoms with van der Waals surface area (Å²) in [5, 5.41) is 11.0. The van der Waals surface area contributed by atoms with Gasteiger partial charge in [-0.1, -0.05) is 0 Å². The molecule has 0 fully saturated rings. The zero-order chi connectivity index (χ0) is 16.5. The molecule has 0 aliphatic rings. The molecule has 0 aliphatic carbocycles. The summed E-state index contributed by atoms with van der Waals surface area (Å²) in [6.07, 6.45) is 7.69. The van der Waals surface area contributed by atoms with Crippen LogP contribution in [0.5, 0.6) is 0 Å². The van der Waals surface area contributed by atoms with Crippen LogP contribution in [0.3, 0.4) is 0 Å². The maximum Gasteiger partial charge on any atom is 0.194 e. The van der Waals surface area contributed by atoms with Crippen molar-refractivity contribution in [2.45, 2.75) is 32.9 Å². The van der Waals surface area contributed by atoms with Crippen LogP contribution in [0.15, 0.2) is 36.0 Å². The molecular formula is C16H28IN7. The molecule has 0 radical (unpaired) electrons. The molecule has 1 N–H and O–H groups in total. The number of hydrogen-bond acceptors (Lipinski definition) is 3. The van der Waals surface area contributed by atoms with E-state index in [0.717, 1.165) is 45.0 Å². The lowest BCUT2D eigenvalue weighted by atomic mass is 10.3. The van der Waals surface area contributed by atoms with Crippen molar-refractivity contribution in [1.29, 1.82) is 0 Å². The first-order valence-corrected chi connectivity index (χ1v) is 8.12. The molecule has 0 saturated carbocycles. The molecule has 8 heteroatoms. The summed E-state index contributed by atoms with van der Waals surface area (Å²) in [6.45, 7) is 5.57. The summed E-state index contributed by atoms with van der Waals surface area (Å²) in [4.78, 5) is 6.89. The summed E-state index contributed by atoms with van der Waals surface area (Å²) in [6, 6.07) is 4.21. The molecule has 0 unspecified atom stereocenters. The van der Waals surface area contributed by atoms with E-state index in [1.807, 2.05) is 4.57 Å². The minimum absolute atomic E-state index is 0. The van der Waals surface area contributed by atoms with Gasteiger partial charge in [0.25, 0.3) is 0 Å². The van der Waals surface area contributed by atoms with Crippen molar-refractivity contribution in [3.8, 4) is 0 Å². The van der Waals surface area contributed by atoms with Crippen LogP contribution in [-0.2, 0) is 20.1 Å². The van der Waals surface area contributed by atoms with Gasteiger partial charge in [0.05, 0.1) is 6.54 Å². The molecule has 2 rings (SSSR count). The van der Waals surface area contributed by atoms with Gasteiger partial charge in [0.1, 0.15) is 12.7 Å². The standard InChI is InChI=1S/C16H27N7.HI/c1-4-17-16(22(3)12-15-8-7-10-21(15)2)18-9-5-6-11-23-13-19-20-14-23;/h7-8,10,13-14H,4-6,9,11-12H2,1-3H3,(H,17,18);1H. The number of nitrogens with zero attached hydrogens (tertiary/aromatic N) is 6. The fourth-order valence-electron chi connectivity index (χ4n) is 2.38. The average molecular weight is 445 g/mol. The Morgan fingerprint density at radius 2 is 2.04 bits per heavy atom. The van der Waals surface area contributed by atoms with Crippen LogP contribution >= 0.6 is 24.0 Å². The topological polar surface area (TPSA) is 63.3 Å². The molecule has 7 nitrogen and oxygen atoms in total. The van der Waals surface area contributed by atoms with Gasteiger partial charge < -0.3 is 19.4 Å². The van der Waals surface area contributed by atoms with Crippen molar-refractivity contribution in [1.82, 2.24) is 29.5 Å². The first kappa shape index (κ1) is 20.5. The Bertz CT molecular complexity index is 591. The summed E-state index contributed by atoms with van der Waals surface area (Å²) in [5.41, 5.74) is 1.27. The Morgan fingerprint density at radius 1 is 1.29 bits per heavy atom. The number of guanidine groups is 1. The fraction of sp³-hybridized carbons (Fsp3) is 0.562. The smallest absolute Gasteiger partial charge is 0.194 e. The van der Waals surface area contributed by atoms with E-state index < -0.39 is 0 Å². The number of unbranched alkanes of at least 4 members (excludes halogenated alkanes) is 1. The SMILES string of the molecule is CCNC(=NCCCCn1cnnc1)N(C)Cc1cccn1C.I. The van der Waals surface area contributed by atoms with Crippen molar-refractivity contribution >= 4 is 29.9 Å². The van der Waals surface area contributed by atoms with Crippen molar-refractivity contribution in [3.63, 3.8) is 0 Å². The van der Waals surface area contributed by atoms with Gasteiger partial charge in [-0.05, 0) is 31.9 Å². The molecule has 24 heavy (non-hydrogen) atoms. The normalized spacial score (nSPS) is 11.2. The van der Waals surface area contributed by atoms with E-state index in [0.29, 0.717) is 0 Å². The van der Waals surface area contributed by atoms with Crippen molar-refractivity contribution < 1.29 is 0 Å². The van der Waals surface area contributed by atoms with Gasteiger partial charge in [-0.25, -0.2) is 0 Å². The number of nitrogens with one attached hydrogen (secondary N) is 1. The zero-order valence-corrected chi connectivity index (χ0v) is 17.1. The third-order valence-corrected chi connectivity index (χ3v) is 3.70. The molecule has 2 heterocycles. The Kier molecular flexibility index (Phi) is 9.43. The lowest BCUT2D eigenvalue weighted by Gasteiger charge is -2.22. The predicted octanol–water partition coefficient (Wildman–Crippen LogP) is 2.11. The number of aryl methyl sites for hydroxylation is 2. The molecule has 2 aromatic heterocycles. The molecular weight excluding hydrogens is 417 g/mol. The lowest BCUT2D eigenvalue weighted by Crippen LogP contribution is -2.38. The average Bonchev–Trinajstić information content (AvgIpc) is 3.18. The van der Waals surface area contributed by atoms with Gasteiger partial charge in [-0.15, -0.1) is 34.2 Å². The van der Waals surface area contributed by atoms with E-state index in [1.54, 1.807) is 12.7 Å². The van der Waals surface area contributed by atoms with Gasteiger partial charge in [-0.3, -0.25) is 4.99 Å². The van der Waals surface area contributed by atoms with Gasteiger partial charge in [0.2, 0.25) is 0 Å². The summed E-state index contributed by atoms with van der Waals surface area (Å²) < 4.78 is 4.13. The van der Waals surface area contributed by atoms with Crippen molar-refractivity contribution in [3.05, 3.63) is 36.7 Å². The molecule has 2 aromatic rings. The van der Waals surface area contributed by atoms with Gasteiger partial charge in [0.15, 0.2) is 5.96 Å². The second kappa shape index (κ2) is 11.1. The fourth-order valence-corrected chi connectivity index (χ4v) is 2.38. The van der Waals surface area contributed by atoms with Crippen LogP contribution < -0.4 is 5.32 Å². The van der Waals surface area contributed by atoms with Gasteiger partial charge >= 0.3 is 0 Å². The number of halogens is 1. The van der Waals surface area contributed by atoms with Crippen molar-refractivity contribution in [2.75, 3.05) is 20.1 Å². The van der Waals surface area contributed by atoms with E-state index in [9.17, 15) is 0 Å².